The zero-order chi connectivity index (χ0) is 24.3. The van der Waals surface area contributed by atoms with Crippen molar-refractivity contribution in [2.45, 2.75) is 12.8 Å². The van der Waals surface area contributed by atoms with Gasteiger partial charge in [0.2, 0.25) is 5.82 Å². The Bertz CT molecular complexity index is 1320. The summed E-state index contributed by atoms with van der Waals surface area (Å²) in [6, 6.07) is 15.6. The predicted octanol–water partition coefficient (Wildman–Crippen LogP) is 6.25. The second-order valence-electron chi connectivity index (χ2n) is 7.27. The molecule has 0 aliphatic heterocycles. The number of alkyl halides is 3. The van der Waals surface area contributed by atoms with Crippen LogP contribution < -0.4 is 4.74 Å². The van der Waals surface area contributed by atoms with Crippen LogP contribution in [-0.4, -0.2) is 21.0 Å². The molecule has 5 nitrogen and oxygen atoms in total. The summed E-state index contributed by atoms with van der Waals surface area (Å²) in [5, 5.41) is 8.86. The molecule has 172 valence electrons. The molecule has 0 aliphatic rings. The quantitative estimate of drug-likeness (QED) is 0.339. The number of carboxylic acids is 1. The van der Waals surface area contributed by atoms with Gasteiger partial charge in [-0.05, 0) is 41.0 Å². The molecule has 4 aromatic rings. The monoisotopic (exact) mass is 468 g/mol. The topological polar surface area (TPSA) is 72.3 Å². The summed E-state index contributed by atoms with van der Waals surface area (Å²) in [7, 11) is 0. The maximum Gasteiger partial charge on any atom is 0.417 e. The Morgan fingerprint density at radius 2 is 1.56 bits per heavy atom. The van der Waals surface area contributed by atoms with Gasteiger partial charge in [-0.2, -0.15) is 13.2 Å². The number of rotatable bonds is 6. The predicted molar refractivity (Wildman–Crippen MR) is 116 cm³/mol. The summed E-state index contributed by atoms with van der Waals surface area (Å²) in [6.07, 6.45) is -1.92. The first kappa shape index (κ1) is 22.9. The molecular weight excluding hydrogens is 452 g/mol. The van der Waals surface area contributed by atoms with Crippen LogP contribution in [0, 0.1) is 5.82 Å². The van der Waals surface area contributed by atoms with Crippen LogP contribution in [0.15, 0.2) is 79.1 Å². The summed E-state index contributed by atoms with van der Waals surface area (Å²) in [6.45, 7) is 0.00503. The Morgan fingerprint density at radius 1 is 0.882 bits per heavy atom. The number of aromatic carboxylic acids is 1. The summed E-state index contributed by atoms with van der Waals surface area (Å²) >= 11 is 0. The third-order valence-electron chi connectivity index (χ3n) is 5.00. The summed E-state index contributed by atoms with van der Waals surface area (Å²) < 4.78 is 60.6. The van der Waals surface area contributed by atoms with Crippen LogP contribution in [-0.2, 0) is 12.8 Å². The average molecular weight is 468 g/mol. The zero-order valence-electron chi connectivity index (χ0n) is 17.4. The molecule has 0 saturated carbocycles. The van der Waals surface area contributed by atoms with Crippen molar-refractivity contribution in [2.24, 2.45) is 0 Å². The van der Waals surface area contributed by atoms with Crippen LogP contribution in [0.4, 0.5) is 17.6 Å². The first-order valence-electron chi connectivity index (χ1n) is 9.96. The Morgan fingerprint density at radius 3 is 2.18 bits per heavy atom. The number of carbonyl (C=O) groups is 1. The highest BCUT2D eigenvalue weighted by Gasteiger charge is 2.34. The minimum Gasteiger partial charge on any atom is -0.489 e. The van der Waals surface area contributed by atoms with Crippen molar-refractivity contribution >= 4 is 5.97 Å². The van der Waals surface area contributed by atoms with Crippen molar-refractivity contribution in [3.63, 3.8) is 0 Å². The van der Waals surface area contributed by atoms with Crippen LogP contribution in [0.3, 0.4) is 0 Å². The van der Waals surface area contributed by atoms with E-state index in [1.165, 1.54) is 42.7 Å². The smallest absolute Gasteiger partial charge is 0.417 e. The standard InChI is InChI=1S/C25H16F4N2O3/c26-22-4-2-1-3-20(22)19-10-9-18(11-21(19)25(27,28)29)34-14-15-5-7-16(8-6-15)17-12-30-23(24(32)33)31-13-17/h1-13H,14H2,(H,32,33). The minimum atomic E-state index is -4.70. The van der Waals surface area contributed by atoms with Crippen molar-refractivity contribution in [1.29, 1.82) is 0 Å². The number of halogens is 4. The number of hydrogen-bond acceptors (Lipinski definition) is 4. The molecule has 0 saturated heterocycles. The first-order valence-corrected chi connectivity index (χ1v) is 9.96. The lowest BCUT2D eigenvalue weighted by Gasteiger charge is -2.16. The maximum absolute atomic E-state index is 14.1. The van der Waals surface area contributed by atoms with Gasteiger partial charge < -0.3 is 9.84 Å². The molecule has 0 atom stereocenters. The van der Waals surface area contributed by atoms with Crippen molar-refractivity contribution in [2.75, 3.05) is 0 Å². The molecule has 9 heteroatoms. The molecule has 0 amide bonds. The van der Waals surface area contributed by atoms with Gasteiger partial charge in [0.25, 0.3) is 0 Å². The fourth-order valence-corrected chi connectivity index (χ4v) is 3.31. The lowest BCUT2D eigenvalue weighted by atomic mass is 9.98. The van der Waals surface area contributed by atoms with Gasteiger partial charge in [0.1, 0.15) is 18.2 Å². The molecule has 0 bridgehead atoms. The molecule has 0 aliphatic carbocycles. The largest absolute Gasteiger partial charge is 0.489 e. The van der Waals surface area contributed by atoms with E-state index in [1.807, 2.05) is 0 Å². The van der Waals surface area contributed by atoms with Gasteiger partial charge in [-0.1, -0.05) is 42.5 Å². The number of carboxylic acid groups (broad SMARTS) is 1. The molecule has 34 heavy (non-hydrogen) atoms. The van der Waals surface area contributed by atoms with Gasteiger partial charge in [-0.15, -0.1) is 0 Å². The van der Waals surface area contributed by atoms with Gasteiger partial charge in [0.05, 0.1) is 5.56 Å². The van der Waals surface area contributed by atoms with E-state index >= 15 is 0 Å². The molecule has 1 heterocycles. The Labute approximate surface area is 191 Å². The van der Waals surface area contributed by atoms with Crippen LogP contribution in [0.1, 0.15) is 21.7 Å². The van der Waals surface area contributed by atoms with E-state index in [4.69, 9.17) is 9.84 Å². The molecule has 1 N–H and O–H groups in total. The molecule has 4 rings (SSSR count). The van der Waals surface area contributed by atoms with Gasteiger partial charge in [-0.3, -0.25) is 0 Å². The van der Waals surface area contributed by atoms with Crippen molar-refractivity contribution < 1.29 is 32.2 Å². The fourth-order valence-electron chi connectivity index (χ4n) is 3.31. The Hall–Kier alpha value is -4.27. The summed E-state index contributed by atoms with van der Waals surface area (Å²) in [5.41, 5.74) is 0.634. The van der Waals surface area contributed by atoms with E-state index < -0.39 is 23.5 Å². The lowest BCUT2D eigenvalue weighted by molar-refractivity contribution is -0.137. The van der Waals surface area contributed by atoms with Crippen LogP contribution in [0.25, 0.3) is 22.3 Å². The molecule has 0 fully saturated rings. The molecular formula is C25H16F4N2O3. The van der Waals surface area contributed by atoms with Crippen molar-refractivity contribution in [1.82, 2.24) is 9.97 Å². The second-order valence-corrected chi connectivity index (χ2v) is 7.27. The van der Waals surface area contributed by atoms with E-state index in [0.717, 1.165) is 17.7 Å². The van der Waals surface area contributed by atoms with Crippen molar-refractivity contribution in [3.8, 4) is 28.0 Å². The normalized spacial score (nSPS) is 11.3. The first-order chi connectivity index (χ1) is 16.2. The summed E-state index contributed by atoms with van der Waals surface area (Å²) in [4.78, 5) is 18.4. The van der Waals surface area contributed by atoms with E-state index in [9.17, 15) is 22.4 Å². The van der Waals surface area contributed by atoms with E-state index in [2.05, 4.69) is 9.97 Å². The molecule has 0 unspecified atom stereocenters. The minimum absolute atomic E-state index is 0.00503. The lowest BCUT2D eigenvalue weighted by Crippen LogP contribution is -2.08. The van der Waals surface area contributed by atoms with E-state index in [-0.39, 0.29) is 29.3 Å². The second kappa shape index (κ2) is 9.30. The average Bonchev–Trinajstić information content (AvgIpc) is 2.83. The summed E-state index contributed by atoms with van der Waals surface area (Å²) in [5.74, 6) is -2.29. The maximum atomic E-state index is 14.1. The fraction of sp³-hybridized carbons (Fsp3) is 0.0800. The van der Waals surface area contributed by atoms with Crippen LogP contribution in [0.5, 0.6) is 5.75 Å². The number of nitrogens with zero attached hydrogens (tertiary/aromatic N) is 2. The molecule has 1 aromatic heterocycles. The highest BCUT2D eigenvalue weighted by molar-refractivity contribution is 5.83. The zero-order valence-corrected chi connectivity index (χ0v) is 17.4. The van der Waals surface area contributed by atoms with Crippen LogP contribution in [0.2, 0.25) is 0 Å². The number of hydrogen-bond donors (Lipinski definition) is 1. The van der Waals surface area contributed by atoms with Crippen LogP contribution >= 0.6 is 0 Å². The van der Waals surface area contributed by atoms with Gasteiger partial charge >= 0.3 is 12.1 Å². The number of benzene rings is 3. The Kier molecular flexibility index (Phi) is 6.27. The molecule has 3 aromatic carbocycles. The third kappa shape index (κ3) is 5.03. The number of aromatic nitrogens is 2. The van der Waals surface area contributed by atoms with Crippen molar-refractivity contribution in [3.05, 3.63) is 102 Å². The van der Waals surface area contributed by atoms with E-state index in [0.29, 0.717) is 11.1 Å². The van der Waals surface area contributed by atoms with Gasteiger partial charge in [0.15, 0.2) is 0 Å². The van der Waals surface area contributed by atoms with E-state index in [1.54, 1.807) is 24.3 Å². The molecule has 0 radical (unpaired) electrons. The van der Waals surface area contributed by atoms with Gasteiger partial charge in [-0.25, -0.2) is 19.2 Å². The SMILES string of the molecule is O=C(O)c1ncc(-c2ccc(COc3ccc(-c4ccccc4F)c(C(F)(F)F)c3)cc2)cn1. The highest BCUT2D eigenvalue weighted by atomic mass is 19.4. The highest BCUT2D eigenvalue weighted by Crippen LogP contribution is 2.40. The molecule has 0 spiro atoms. The number of ether oxygens (including phenoxy) is 1. The van der Waals surface area contributed by atoms with Gasteiger partial charge in [0, 0.05) is 23.5 Å². The third-order valence-corrected chi connectivity index (χ3v) is 5.00. The Balaban J connectivity index is 1.51.